The van der Waals surface area contributed by atoms with Crippen molar-refractivity contribution in [2.45, 2.75) is 18.2 Å². The van der Waals surface area contributed by atoms with Gasteiger partial charge in [-0.2, -0.15) is 4.39 Å². The Morgan fingerprint density at radius 1 is 1.64 bits per heavy atom. The predicted molar refractivity (Wildman–Crippen MR) is 55.1 cm³/mol. The highest BCUT2D eigenvalue weighted by Crippen LogP contribution is 2.20. The van der Waals surface area contributed by atoms with Gasteiger partial charge in [0.2, 0.25) is 5.82 Å². The van der Waals surface area contributed by atoms with Crippen molar-refractivity contribution in [2.24, 2.45) is 0 Å². The average Bonchev–Trinajstić information content (AvgIpc) is 2.07. The number of nitro groups is 1. The number of hydrogen-bond donors (Lipinski definition) is 0. The Kier molecular flexibility index (Phi) is 3.57. The van der Waals surface area contributed by atoms with Crippen LogP contribution in [0.25, 0.3) is 0 Å². The zero-order valence-electron chi connectivity index (χ0n) is 7.54. The number of nitro benzene ring substituents is 1. The fourth-order valence-electron chi connectivity index (χ4n) is 1.15. The number of hydrogen-bond acceptors (Lipinski definition) is 2. The van der Waals surface area contributed by atoms with Gasteiger partial charge in [0.1, 0.15) is 0 Å². The molecule has 76 valence electrons. The largest absolute Gasteiger partial charge is 0.305 e. The lowest BCUT2D eigenvalue weighted by Gasteiger charge is -2.03. The summed E-state index contributed by atoms with van der Waals surface area (Å²) in [7, 11) is 0. The topological polar surface area (TPSA) is 43.1 Å². The second-order valence-electron chi connectivity index (χ2n) is 3.03. The van der Waals surface area contributed by atoms with Crippen molar-refractivity contribution in [3.8, 4) is 0 Å². The summed E-state index contributed by atoms with van der Waals surface area (Å²) in [5, 5.41) is 10.4. The van der Waals surface area contributed by atoms with Gasteiger partial charge >= 0.3 is 5.69 Å². The van der Waals surface area contributed by atoms with Crippen molar-refractivity contribution >= 4 is 21.6 Å². The quantitative estimate of drug-likeness (QED) is 0.477. The molecule has 0 N–H and O–H groups in total. The Bertz CT molecular complexity index is 355. The van der Waals surface area contributed by atoms with Crippen LogP contribution in [0.4, 0.5) is 10.1 Å². The van der Waals surface area contributed by atoms with Crippen LogP contribution in [-0.2, 0) is 6.42 Å². The molecule has 0 aliphatic heterocycles. The van der Waals surface area contributed by atoms with Crippen molar-refractivity contribution in [2.75, 3.05) is 0 Å². The molecule has 0 heterocycles. The molecule has 1 unspecified atom stereocenters. The van der Waals surface area contributed by atoms with Gasteiger partial charge in [-0.1, -0.05) is 28.9 Å². The second kappa shape index (κ2) is 4.50. The third kappa shape index (κ3) is 2.77. The standard InChI is InChI=1S/C9H9BrFNO2/c1-6(10)4-7-2-3-8(11)9(5-7)12(13)14/h2-3,5-6H,4H2,1H3. The molecule has 0 aliphatic carbocycles. The van der Waals surface area contributed by atoms with E-state index in [1.807, 2.05) is 6.92 Å². The Labute approximate surface area is 89.2 Å². The van der Waals surface area contributed by atoms with Gasteiger partial charge < -0.3 is 0 Å². The van der Waals surface area contributed by atoms with Crippen molar-refractivity contribution < 1.29 is 9.31 Å². The SMILES string of the molecule is CC(Br)Cc1ccc(F)c([N+](=O)[O-])c1. The summed E-state index contributed by atoms with van der Waals surface area (Å²) in [6, 6.07) is 3.95. The molecule has 0 saturated carbocycles. The van der Waals surface area contributed by atoms with E-state index in [-0.39, 0.29) is 4.83 Å². The van der Waals surface area contributed by atoms with Crippen LogP contribution in [0.5, 0.6) is 0 Å². The molecule has 0 saturated heterocycles. The van der Waals surface area contributed by atoms with Gasteiger partial charge in [-0.25, -0.2) is 0 Å². The first-order valence-corrected chi connectivity index (χ1v) is 4.99. The minimum atomic E-state index is -0.791. The fraction of sp³-hybridized carbons (Fsp3) is 0.333. The van der Waals surface area contributed by atoms with Crippen LogP contribution in [0.2, 0.25) is 0 Å². The van der Waals surface area contributed by atoms with Crippen LogP contribution < -0.4 is 0 Å². The van der Waals surface area contributed by atoms with E-state index in [4.69, 9.17) is 0 Å². The summed E-state index contributed by atoms with van der Waals surface area (Å²) in [6.07, 6.45) is 0.640. The first-order chi connectivity index (χ1) is 6.50. The van der Waals surface area contributed by atoms with E-state index < -0.39 is 16.4 Å². The van der Waals surface area contributed by atoms with Gasteiger partial charge in [-0.15, -0.1) is 0 Å². The van der Waals surface area contributed by atoms with Crippen LogP contribution in [0.1, 0.15) is 12.5 Å². The maximum absolute atomic E-state index is 12.9. The summed E-state index contributed by atoms with van der Waals surface area (Å²) in [5.41, 5.74) is 0.290. The Hall–Kier alpha value is -0.970. The van der Waals surface area contributed by atoms with Gasteiger partial charge in [0.25, 0.3) is 0 Å². The van der Waals surface area contributed by atoms with Crippen molar-refractivity contribution in [3.05, 3.63) is 39.7 Å². The lowest BCUT2D eigenvalue weighted by Crippen LogP contribution is -1.99. The minimum absolute atomic E-state index is 0.215. The maximum atomic E-state index is 12.9. The van der Waals surface area contributed by atoms with Gasteiger partial charge in [0, 0.05) is 10.9 Å². The Balaban J connectivity index is 3.00. The number of benzene rings is 1. The lowest BCUT2D eigenvalue weighted by molar-refractivity contribution is -0.387. The number of halogens is 2. The van der Waals surface area contributed by atoms with Crippen LogP contribution in [-0.4, -0.2) is 9.75 Å². The normalized spacial score (nSPS) is 12.5. The molecule has 0 spiro atoms. The predicted octanol–water partition coefficient (Wildman–Crippen LogP) is 3.06. The number of rotatable bonds is 3. The molecular weight excluding hydrogens is 253 g/mol. The summed E-state index contributed by atoms with van der Waals surface area (Å²) in [4.78, 5) is 9.92. The first kappa shape index (κ1) is 11.1. The summed E-state index contributed by atoms with van der Waals surface area (Å²) < 4.78 is 12.9. The monoisotopic (exact) mass is 261 g/mol. The lowest BCUT2D eigenvalue weighted by atomic mass is 10.1. The highest BCUT2D eigenvalue weighted by molar-refractivity contribution is 9.09. The van der Waals surface area contributed by atoms with Crippen molar-refractivity contribution in [3.63, 3.8) is 0 Å². The minimum Gasteiger partial charge on any atom is -0.258 e. The van der Waals surface area contributed by atoms with Crippen LogP contribution in [0.3, 0.4) is 0 Å². The summed E-state index contributed by atoms with van der Waals surface area (Å²) >= 11 is 3.33. The van der Waals surface area contributed by atoms with E-state index in [9.17, 15) is 14.5 Å². The molecule has 1 rings (SSSR count). The van der Waals surface area contributed by atoms with E-state index in [0.717, 1.165) is 11.6 Å². The zero-order chi connectivity index (χ0) is 10.7. The molecule has 0 fully saturated rings. The second-order valence-corrected chi connectivity index (χ2v) is 4.59. The third-order valence-corrected chi connectivity index (χ3v) is 2.05. The van der Waals surface area contributed by atoms with Crippen LogP contribution >= 0.6 is 15.9 Å². The number of alkyl halides is 1. The molecule has 14 heavy (non-hydrogen) atoms. The smallest absolute Gasteiger partial charge is 0.258 e. The number of nitrogens with zero attached hydrogens (tertiary/aromatic N) is 1. The van der Waals surface area contributed by atoms with Crippen LogP contribution in [0.15, 0.2) is 18.2 Å². The van der Waals surface area contributed by atoms with Crippen molar-refractivity contribution in [1.82, 2.24) is 0 Å². The molecular formula is C9H9BrFNO2. The van der Waals surface area contributed by atoms with Gasteiger partial charge in [0.05, 0.1) is 4.92 Å². The summed E-state index contributed by atoms with van der Waals surface area (Å²) in [5.74, 6) is -0.791. The molecule has 3 nitrogen and oxygen atoms in total. The first-order valence-electron chi connectivity index (χ1n) is 4.07. The summed E-state index contributed by atoms with van der Waals surface area (Å²) in [6.45, 7) is 1.93. The third-order valence-electron chi connectivity index (χ3n) is 1.72. The van der Waals surface area contributed by atoms with Gasteiger partial charge in [-0.05, 0) is 18.1 Å². The van der Waals surface area contributed by atoms with E-state index >= 15 is 0 Å². The Morgan fingerprint density at radius 2 is 2.29 bits per heavy atom. The zero-order valence-corrected chi connectivity index (χ0v) is 9.12. The highest BCUT2D eigenvalue weighted by Gasteiger charge is 2.14. The average molecular weight is 262 g/mol. The molecule has 0 aromatic heterocycles. The maximum Gasteiger partial charge on any atom is 0.305 e. The molecule has 0 radical (unpaired) electrons. The molecule has 1 aromatic rings. The highest BCUT2D eigenvalue weighted by atomic mass is 79.9. The molecule has 0 bridgehead atoms. The fourth-order valence-corrected chi connectivity index (χ4v) is 1.52. The van der Waals surface area contributed by atoms with E-state index in [1.54, 1.807) is 6.07 Å². The van der Waals surface area contributed by atoms with E-state index in [0.29, 0.717) is 6.42 Å². The van der Waals surface area contributed by atoms with Crippen LogP contribution in [0, 0.1) is 15.9 Å². The van der Waals surface area contributed by atoms with Gasteiger partial charge in [0.15, 0.2) is 0 Å². The van der Waals surface area contributed by atoms with Crippen molar-refractivity contribution in [1.29, 1.82) is 0 Å². The molecule has 0 aliphatic rings. The van der Waals surface area contributed by atoms with E-state index in [2.05, 4.69) is 15.9 Å². The molecule has 5 heteroatoms. The van der Waals surface area contributed by atoms with Gasteiger partial charge in [-0.3, -0.25) is 10.1 Å². The Morgan fingerprint density at radius 3 is 2.79 bits per heavy atom. The molecule has 0 amide bonds. The van der Waals surface area contributed by atoms with E-state index in [1.165, 1.54) is 6.07 Å². The molecule has 1 aromatic carbocycles. The molecule has 1 atom stereocenters.